The van der Waals surface area contributed by atoms with Crippen molar-refractivity contribution in [3.63, 3.8) is 0 Å². The topological polar surface area (TPSA) is 77.8 Å². The first-order valence-corrected chi connectivity index (χ1v) is 5.44. The van der Waals surface area contributed by atoms with Crippen molar-refractivity contribution in [2.24, 2.45) is 11.8 Å². The second kappa shape index (κ2) is 4.35. The van der Waals surface area contributed by atoms with Crippen molar-refractivity contribution in [1.29, 1.82) is 0 Å². The summed E-state index contributed by atoms with van der Waals surface area (Å²) in [5.41, 5.74) is 0. The number of hydrogen-bond donors (Lipinski definition) is 2. The molecule has 3 atom stereocenters. The molecule has 1 aliphatic carbocycles. The number of amides is 2. The number of fused-ring (bicyclic) bond motifs is 1. The van der Waals surface area contributed by atoms with Crippen LogP contribution >= 0.6 is 0 Å². The van der Waals surface area contributed by atoms with E-state index < -0.39 is 12.7 Å². The Bertz CT molecular complexity index is 313. The fourth-order valence-electron chi connectivity index (χ4n) is 2.32. The smallest absolute Gasteiger partial charge is 0.233 e. The first-order valence-electron chi connectivity index (χ1n) is 5.44. The van der Waals surface area contributed by atoms with E-state index in [0.717, 1.165) is 4.90 Å². The van der Waals surface area contributed by atoms with Gasteiger partial charge in [0.15, 0.2) is 0 Å². The Balaban J connectivity index is 2.11. The molecule has 5 heteroatoms. The van der Waals surface area contributed by atoms with E-state index in [1.54, 1.807) is 0 Å². The molecule has 1 aliphatic heterocycles. The molecule has 16 heavy (non-hydrogen) atoms. The summed E-state index contributed by atoms with van der Waals surface area (Å²) in [6.07, 6.45) is 3.99. The number of hydrogen-bond acceptors (Lipinski definition) is 4. The molecule has 0 aromatic rings. The molecular weight excluding hydrogens is 210 g/mol. The lowest BCUT2D eigenvalue weighted by Gasteiger charge is -2.17. The summed E-state index contributed by atoms with van der Waals surface area (Å²) in [7, 11) is 0. The molecule has 0 aromatic carbocycles. The van der Waals surface area contributed by atoms with E-state index in [4.69, 9.17) is 5.11 Å². The highest BCUT2D eigenvalue weighted by molar-refractivity contribution is 6.05. The molecule has 1 heterocycles. The van der Waals surface area contributed by atoms with Gasteiger partial charge in [0.1, 0.15) is 0 Å². The van der Waals surface area contributed by atoms with Gasteiger partial charge in [-0.1, -0.05) is 12.2 Å². The van der Waals surface area contributed by atoms with Crippen molar-refractivity contribution in [1.82, 2.24) is 4.90 Å². The molecule has 0 aromatic heterocycles. The largest absolute Gasteiger partial charge is 0.394 e. The van der Waals surface area contributed by atoms with Gasteiger partial charge in [-0.3, -0.25) is 14.5 Å². The molecule has 1 saturated heterocycles. The number of aliphatic hydroxyl groups excluding tert-OH is 2. The number of β-amino-alcohol motifs (C(OH)–C–C–N with tert-alkyl or cyclic N) is 1. The lowest BCUT2D eigenvalue weighted by atomic mass is 9.85. The summed E-state index contributed by atoms with van der Waals surface area (Å²) in [6, 6.07) is 0. The minimum Gasteiger partial charge on any atom is -0.394 e. The van der Waals surface area contributed by atoms with E-state index >= 15 is 0 Å². The molecule has 0 saturated carbocycles. The summed E-state index contributed by atoms with van der Waals surface area (Å²) in [4.78, 5) is 24.8. The first-order chi connectivity index (χ1) is 7.65. The zero-order chi connectivity index (χ0) is 11.7. The summed E-state index contributed by atoms with van der Waals surface area (Å²) in [5.74, 6) is -0.953. The summed E-state index contributed by atoms with van der Waals surface area (Å²) in [5, 5.41) is 18.0. The molecule has 2 N–H and O–H groups in total. The Morgan fingerprint density at radius 3 is 2.19 bits per heavy atom. The molecule has 1 fully saturated rings. The number of imide groups is 1. The van der Waals surface area contributed by atoms with Gasteiger partial charge in [-0.15, -0.1) is 0 Å². The zero-order valence-corrected chi connectivity index (χ0v) is 8.87. The highest BCUT2D eigenvalue weighted by Gasteiger charge is 2.47. The van der Waals surface area contributed by atoms with Crippen LogP contribution in [0.3, 0.4) is 0 Å². The fourth-order valence-corrected chi connectivity index (χ4v) is 2.32. The maximum atomic E-state index is 11.9. The second-order valence-corrected chi connectivity index (χ2v) is 4.28. The third kappa shape index (κ3) is 1.76. The second-order valence-electron chi connectivity index (χ2n) is 4.28. The molecule has 5 nitrogen and oxygen atoms in total. The van der Waals surface area contributed by atoms with Crippen LogP contribution in [0.4, 0.5) is 0 Å². The quantitative estimate of drug-likeness (QED) is 0.491. The Hall–Kier alpha value is -1.20. The van der Waals surface area contributed by atoms with Crippen LogP contribution in [0.1, 0.15) is 12.8 Å². The average Bonchev–Trinajstić information content (AvgIpc) is 2.55. The van der Waals surface area contributed by atoms with Crippen LogP contribution < -0.4 is 0 Å². The lowest BCUT2D eigenvalue weighted by Crippen LogP contribution is -2.39. The number of likely N-dealkylation sites (tertiary alicyclic amines) is 1. The number of carbonyl (C=O) groups is 2. The molecule has 3 unspecified atom stereocenters. The highest BCUT2D eigenvalue weighted by atomic mass is 16.3. The van der Waals surface area contributed by atoms with Gasteiger partial charge >= 0.3 is 0 Å². The monoisotopic (exact) mass is 225 g/mol. The van der Waals surface area contributed by atoms with E-state index in [2.05, 4.69) is 0 Å². The van der Waals surface area contributed by atoms with Gasteiger partial charge in [0, 0.05) is 0 Å². The predicted molar refractivity (Wildman–Crippen MR) is 55.2 cm³/mol. The van der Waals surface area contributed by atoms with Crippen LogP contribution in [0, 0.1) is 11.8 Å². The van der Waals surface area contributed by atoms with Crippen molar-refractivity contribution in [2.45, 2.75) is 18.9 Å². The third-order valence-electron chi connectivity index (χ3n) is 3.20. The average molecular weight is 225 g/mol. The van der Waals surface area contributed by atoms with Gasteiger partial charge in [0.2, 0.25) is 11.8 Å². The van der Waals surface area contributed by atoms with Crippen molar-refractivity contribution in [3.05, 3.63) is 12.2 Å². The maximum absolute atomic E-state index is 11.9. The molecule has 88 valence electrons. The molecule has 2 amide bonds. The normalized spacial score (nSPS) is 30.8. The van der Waals surface area contributed by atoms with E-state index in [0.29, 0.717) is 12.8 Å². The Kier molecular flexibility index (Phi) is 3.07. The lowest BCUT2D eigenvalue weighted by molar-refractivity contribution is -0.141. The van der Waals surface area contributed by atoms with Crippen molar-refractivity contribution < 1.29 is 19.8 Å². The molecule has 0 spiro atoms. The van der Waals surface area contributed by atoms with Gasteiger partial charge in [-0.2, -0.15) is 0 Å². The number of carbonyl (C=O) groups excluding carboxylic acids is 2. The van der Waals surface area contributed by atoms with Crippen LogP contribution in [-0.2, 0) is 9.59 Å². The Labute approximate surface area is 93.4 Å². The molecular formula is C11H15NO4. The van der Waals surface area contributed by atoms with Gasteiger partial charge in [0.05, 0.1) is 31.1 Å². The van der Waals surface area contributed by atoms with E-state index in [1.165, 1.54) is 0 Å². The Morgan fingerprint density at radius 2 is 1.75 bits per heavy atom. The van der Waals surface area contributed by atoms with Crippen LogP contribution in [0.15, 0.2) is 12.2 Å². The van der Waals surface area contributed by atoms with Gasteiger partial charge in [0.25, 0.3) is 0 Å². The van der Waals surface area contributed by atoms with Crippen LogP contribution in [0.25, 0.3) is 0 Å². The number of nitrogens with zero attached hydrogens (tertiary/aromatic N) is 1. The fraction of sp³-hybridized carbons (Fsp3) is 0.636. The molecule has 0 bridgehead atoms. The highest BCUT2D eigenvalue weighted by Crippen LogP contribution is 2.34. The van der Waals surface area contributed by atoms with Gasteiger partial charge in [-0.25, -0.2) is 0 Å². The Morgan fingerprint density at radius 1 is 1.25 bits per heavy atom. The minimum absolute atomic E-state index is 0.0961. The van der Waals surface area contributed by atoms with E-state index in [1.807, 2.05) is 12.2 Å². The van der Waals surface area contributed by atoms with Gasteiger partial charge in [-0.05, 0) is 12.8 Å². The van der Waals surface area contributed by atoms with Crippen molar-refractivity contribution in [2.75, 3.05) is 13.2 Å². The van der Waals surface area contributed by atoms with Crippen LogP contribution in [-0.4, -0.2) is 46.2 Å². The zero-order valence-electron chi connectivity index (χ0n) is 8.87. The van der Waals surface area contributed by atoms with Crippen molar-refractivity contribution >= 4 is 11.8 Å². The number of allylic oxidation sites excluding steroid dienone is 2. The van der Waals surface area contributed by atoms with Crippen LogP contribution in [0.5, 0.6) is 0 Å². The number of aliphatic hydroxyl groups is 2. The van der Waals surface area contributed by atoms with Gasteiger partial charge < -0.3 is 10.2 Å². The van der Waals surface area contributed by atoms with E-state index in [-0.39, 0.29) is 30.2 Å². The van der Waals surface area contributed by atoms with Crippen molar-refractivity contribution in [3.8, 4) is 0 Å². The summed E-state index contributed by atoms with van der Waals surface area (Å²) < 4.78 is 0. The standard InChI is InChI=1S/C11H15NO4/c13-6-7(14)5-12-10(15)8-3-1-2-4-9(8)11(12)16/h1-2,7-9,13-14H,3-6H2. The first kappa shape index (κ1) is 11.3. The van der Waals surface area contributed by atoms with Crippen LogP contribution in [0.2, 0.25) is 0 Å². The number of rotatable bonds is 3. The predicted octanol–water partition coefficient (Wildman–Crippen LogP) is -0.709. The molecule has 2 aliphatic rings. The maximum Gasteiger partial charge on any atom is 0.233 e. The third-order valence-corrected chi connectivity index (χ3v) is 3.20. The minimum atomic E-state index is -1.04. The summed E-state index contributed by atoms with van der Waals surface area (Å²) >= 11 is 0. The van der Waals surface area contributed by atoms with E-state index in [9.17, 15) is 14.7 Å². The summed E-state index contributed by atoms with van der Waals surface area (Å²) in [6.45, 7) is -0.536. The molecule has 2 rings (SSSR count). The molecule has 0 radical (unpaired) electrons. The SMILES string of the molecule is O=C1C2CC=CCC2C(=O)N1CC(O)CO.